The highest BCUT2D eigenvalue weighted by Crippen LogP contribution is 2.39. The molecular weight excluding hydrogens is 277 g/mol. The minimum Gasteiger partial charge on any atom is -0.374 e. The molecule has 1 N–H and O–H groups in total. The van der Waals surface area contributed by atoms with Crippen LogP contribution in [0, 0.1) is 5.82 Å². The van der Waals surface area contributed by atoms with E-state index >= 15 is 0 Å². The quantitative estimate of drug-likeness (QED) is 0.929. The van der Waals surface area contributed by atoms with Gasteiger partial charge in [0.2, 0.25) is 0 Å². The Balaban J connectivity index is 1.71. The number of aromatic nitrogens is 2. The normalized spacial score (nSPS) is 29.8. The Morgan fingerprint density at radius 3 is 3.20 bits per heavy atom. The first kappa shape index (κ1) is 14.1. The van der Waals surface area contributed by atoms with E-state index < -0.39 is 0 Å². The van der Waals surface area contributed by atoms with Gasteiger partial charge in [-0.05, 0) is 31.4 Å². The first-order chi connectivity index (χ1) is 9.72. The number of nitrogens with one attached hydrogen (secondary N) is 1. The Bertz CT molecular complexity index is 479. The topological polar surface area (TPSA) is 47.0 Å². The van der Waals surface area contributed by atoms with Gasteiger partial charge in [0.15, 0.2) is 11.6 Å². The van der Waals surface area contributed by atoms with Crippen LogP contribution in [0.3, 0.4) is 0 Å². The summed E-state index contributed by atoms with van der Waals surface area (Å²) in [5.74, 6) is 2.24. The highest BCUT2D eigenvalue weighted by molar-refractivity contribution is 7.99. The number of hydrogen-bond donors (Lipinski definition) is 1. The molecule has 110 valence electrons. The Morgan fingerprint density at radius 1 is 1.55 bits per heavy atom. The van der Waals surface area contributed by atoms with E-state index in [0.29, 0.717) is 17.9 Å². The molecule has 3 rings (SSSR count). The molecule has 6 heteroatoms. The van der Waals surface area contributed by atoms with Crippen molar-refractivity contribution in [3.8, 4) is 0 Å². The molecule has 2 aliphatic heterocycles. The third-order valence-corrected chi connectivity index (χ3v) is 5.32. The molecule has 2 atom stereocenters. The molecule has 2 unspecified atom stereocenters. The van der Waals surface area contributed by atoms with Crippen LogP contribution in [-0.4, -0.2) is 39.7 Å². The van der Waals surface area contributed by atoms with Crippen LogP contribution >= 0.6 is 11.8 Å². The summed E-state index contributed by atoms with van der Waals surface area (Å²) in [6.45, 7) is 2.64. The van der Waals surface area contributed by atoms with E-state index in [0.717, 1.165) is 37.4 Å². The van der Waals surface area contributed by atoms with Crippen molar-refractivity contribution >= 4 is 17.6 Å². The number of rotatable bonds is 3. The average molecular weight is 297 g/mol. The lowest BCUT2D eigenvalue weighted by atomic mass is 9.90. The fourth-order valence-electron chi connectivity index (χ4n) is 2.96. The summed E-state index contributed by atoms with van der Waals surface area (Å²) in [5, 5.41) is 3.26. The van der Waals surface area contributed by atoms with Crippen molar-refractivity contribution < 1.29 is 9.13 Å². The van der Waals surface area contributed by atoms with Gasteiger partial charge in [0.25, 0.3) is 0 Å². The zero-order chi connectivity index (χ0) is 14.0. The Morgan fingerprint density at radius 2 is 2.45 bits per heavy atom. The highest BCUT2D eigenvalue weighted by Gasteiger charge is 2.40. The van der Waals surface area contributed by atoms with Gasteiger partial charge in [-0.3, -0.25) is 0 Å². The van der Waals surface area contributed by atoms with Crippen molar-refractivity contribution in [3.05, 3.63) is 17.8 Å². The maximum absolute atomic E-state index is 14.2. The fourth-order valence-corrected chi connectivity index (χ4v) is 4.34. The molecular formula is C14H20FN3OS. The van der Waals surface area contributed by atoms with Crippen LogP contribution in [0.25, 0.3) is 0 Å². The molecule has 0 aromatic carbocycles. The maximum atomic E-state index is 14.2. The monoisotopic (exact) mass is 297 g/mol. The first-order valence-electron chi connectivity index (χ1n) is 7.20. The molecule has 3 heterocycles. The summed E-state index contributed by atoms with van der Waals surface area (Å²) in [4.78, 5) is 8.02. The van der Waals surface area contributed by atoms with Crippen LogP contribution in [-0.2, 0) is 11.2 Å². The minimum absolute atomic E-state index is 0.00231. The van der Waals surface area contributed by atoms with E-state index in [9.17, 15) is 4.39 Å². The number of aryl methyl sites for hydroxylation is 1. The van der Waals surface area contributed by atoms with Crippen molar-refractivity contribution in [1.82, 2.24) is 9.97 Å². The van der Waals surface area contributed by atoms with E-state index in [1.165, 1.54) is 6.33 Å². The fraction of sp³-hybridized carbons (Fsp3) is 0.714. The van der Waals surface area contributed by atoms with E-state index in [1.807, 2.05) is 18.7 Å². The summed E-state index contributed by atoms with van der Waals surface area (Å²) < 4.78 is 20.2. The van der Waals surface area contributed by atoms with Gasteiger partial charge in [0.1, 0.15) is 6.33 Å². The van der Waals surface area contributed by atoms with Crippen LogP contribution < -0.4 is 5.32 Å². The van der Waals surface area contributed by atoms with Gasteiger partial charge in [-0.15, -0.1) is 0 Å². The van der Waals surface area contributed by atoms with Gasteiger partial charge >= 0.3 is 0 Å². The summed E-state index contributed by atoms with van der Waals surface area (Å²) in [7, 11) is 0. The van der Waals surface area contributed by atoms with Gasteiger partial charge in [-0.2, -0.15) is 11.8 Å². The minimum atomic E-state index is -0.309. The Hall–Kier alpha value is -0.880. The SMILES string of the molecule is CCc1ncnc(NC2CCOC3(CCSC3)C2)c1F. The number of anilines is 1. The second-order valence-electron chi connectivity index (χ2n) is 5.50. The standard InChI is InChI=1S/C14H20FN3OS/c1-2-11-12(15)13(17-9-16-11)18-10-3-5-19-14(7-10)4-6-20-8-14/h9-10H,2-8H2,1H3,(H,16,17,18). The van der Waals surface area contributed by atoms with E-state index in [1.54, 1.807) is 0 Å². The largest absolute Gasteiger partial charge is 0.374 e. The molecule has 1 spiro atoms. The van der Waals surface area contributed by atoms with Gasteiger partial charge < -0.3 is 10.1 Å². The number of hydrogen-bond acceptors (Lipinski definition) is 5. The van der Waals surface area contributed by atoms with Crippen molar-refractivity contribution in [1.29, 1.82) is 0 Å². The van der Waals surface area contributed by atoms with Gasteiger partial charge in [0, 0.05) is 18.4 Å². The first-order valence-corrected chi connectivity index (χ1v) is 8.35. The predicted octanol–water partition coefficient (Wildman–Crippen LogP) is 2.64. The van der Waals surface area contributed by atoms with Crippen LogP contribution in [0.5, 0.6) is 0 Å². The Kier molecular flexibility index (Phi) is 4.12. The van der Waals surface area contributed by atoms with E-state index in [-0.39, 0.29) is 17.5 Å². The van der Waals surface area contributed by atoms with Crippen molar-refractivity contribution in [2.24, 2.45) is 0 Å². The molecule has 0 amide bonds. The smallest absolute Gasteiger partial charge is 0.186 e. The summed E-state index contributed by atoms with van der Waals surface area (Å²) >= 11 is 1.94. The number of nitrogens with zero attached hydrogens (tertiary/aromatic N) is 2. The highest BCUT2D eigenvalue weighted by atomic mass is 32.2. The van der Waals surface area contributed by atoms with Crippen LogP contribution in [0.4, 0.5) is 10.2 Å². The molecule has 0 bridgehead atoms. The van der Waals surface area contributed by atoms with Gasteiger partial charge in [-0.1, -0.05) is 6.92 Å². The zero-order valence-electron chi connectivity index (χ0n) is 11.7. The number of thioether (sulfide) groups is 1. The number of ether oxygens (including phenoxy) is 1. The number of halogens is 1. The summed E-state index contributed by atoms with van der Waals surface area (Å²) in [6, 6.07) is 0.233. The molecule has 2 saturated heterocycles. The van der Waals surface area contributed by atoms with Gasteiger partial charge in [-0.25, -0.2) is 14.4 Å². The average Bonchev–Trinajstić information content (AvgIpc) is 2.89. The summed E-state index contributed by atoms with van der Waals surface area (Å²) in [5.41, 5.74) is 0.471. The molecule has 0 radical (unpaired) electrons. The third-order valence-electron chi connectivity index (χ3n) is 4.10. The molecule has 4 nitrogen and oxygen atoms in total. The van der Waals surface area contributed by atoms with Crippen LogP contribution in [0.15, 0.2) is 6.33 Å². The van der Waals surface area contributed by atoms with Crippen molar-refractivity contribution in [2.75, 3.05) is 23.4 Å². The van der Waals surface area contributed by atoms with E-state index in [4.69, 9.17) is 4.74 Å². The van der Waals surface area contributed by atoms with E-state index in [2.05, 4.69) is 15.3 Å². The summed E-state index contributed by atoms with van der Waals surface area (Å²) in [6.07, 6.45) is 4.95. The van der Waals surface area contributed by atoms with Crippen molar-refractivity contribution in [3.63, 3.8) is 0 Å². The molecule has 2 fully saturated rings. The third kappa shape index (κ3) is 2.76. The van der Waals surface area contributed by atoms with Crippen molar-refractivity contribution in [2.45, 2.75) is 44.2 Å². The molecule has 0 aliphatic carbocycles. The molecule has 1 aromatic heterocycles. The molecule has 2 aliphatic rings. The second kappa shape index (κ2) is 5.85. The second-order valence-corrected chi connectivity index (χ2v) is 6.61. The van der Waals surface area contributed by atoms with Gasteiger partial charge in [0.05, 0.1) is 11.3 Å². The lowest BCUT2D eigenvalue weighted by Gasteiger charge is -2.38. The lowest BCUT2D eigenvalue weighted by Crippen LogP contribution is -2.44. The maximum Gasteiger partial charge on any atom is 0.186 e. The predicted molar refractivity (Wildman–Crippen MR) is 78.6 cm³/mol. The molecule has 1 aromatic rings. The van der Waals surface area contributed by atoms with Crippen LogP contribution in [0.2, 0.25) is 0 Å². The molecule has 20 heavy (non-hydrogen) atoms. The van der Waals surface area contributed by atoms with Crippen LogP contribution in [0.1, 0.15) is 31.9 Å². The Labute approximate surface area is 122 Å². The molecule has 0 saturated carbocycles. The lowest BCUT2D eigenvalue weighted by molar-refractivity contribution is -0.0628. The zero-order valence-corrected chi connectivity index (χ0v) is 12.5.